The van der Waals surface area contributed by atoms with Crippen LogP contribution in [-0.2, 0) is 9.84 Å². The Labute approximate surface area is 82.1 Å². The third kappa shape index (κ3) is 2.35. The molecule has 1 aromatic rings. The molecule has 0 fully saturated rings. The summed E-state index contributed by atoms with van der Waals surface area (Å²) < 4.78 is 22.3. The number of nitrogens with zero attached hydrogens (tertiary/aromatic N) is 2. The molecule has 76 valence electrons. The van der Waals surface area contributed by atoms with Crippen LogP contribution in [0.15, 0.2) is 12.4 Å². The Morgan fingerprint density at radius 3 is 2.21 bits per heavy atom. The highest BCUT2D eigenvalue weighted by atomic mass is 32.2. The van der Waals surface area contributed by atoms with Crippen molar-refractivity contribution in [2.75, 3.05) is 6.26 Å². The molecule has 0 aliphatic carbocycles. The number of aldehydes is 1. The number of carbonyl (C=O) groups excluding carboxylic acids is 1. The van der Waals surface area contributed by atoms with Crippen LogP contribution in [0.5, 0.6) is 0 Å². The van der Waals surface area contributed by atoms with Crippen LogP contribution in [0.4, 0.5) is 0 Å². The second-order valence-corrected chi connectivity index (χ2v) is 5.33. The van der Waals surface area contributed by atoms with E-state index < -0.39 is 15.1 Å². The molecule has 0 aliphatic rings. The number of sulfone groups is 1. The Hall–Kier alpha value is -1.30. The second-order valence-electron chi connectivity index (χ2n) is 2.96. The van der Waals surface area contributed by atoms with Crippen molar-refractivity contribution in [1.82, 2.24) is 9.97 Å². The Morgan fingerprint density at radius 1 is 1.36 bits per heavy atom. The van der Waals surface area contributed by atoms with Crippen LogP contribution < -0.4 is 0 Å². The maximum absolute atomic E-state index is 11.1. The van der Waals surface area contributed by atoms with E-state index in [-0.39, 0.29) is 5.82 Å². The van der Waals surface area contributed by atoms with E-state index >= 15 is 0 Å². The number of hydrogen-bond donors (Lipinski definition) is 0. The van der Waals surface area contributed by atoms with Crippen molar-refractivity contribution in [2.45, 2.75) is 12.2 Å². The molecule has 6 heteroatoms. The van der Waals surface area contributed by atoms with Crippen molar-refractivity contribution >= 4 is 16.1 Å². The van der Waals surface area contributed by atoms with Gasteiger partial charge in [-0.2, -0.15) is 0 Å². The molecule has 0 radical (unpaired) electrons. The van der Waals surface area contributed by atoms with E-state index in [1.165, 1.54) is 19.3 Å². The van der Waals surface area contributed by atoms with Crippen molar-refractivity contribution in [2.24, 2.45) is 0 Å². The lowest BCUT2D eigenvalue weighted by Gasteiger charge is -2.06. The first-order valence-electron chi connectivity index (χ1n) is 3.91. The third-order valence-electron chi connectivity index (χ3n) is 1.83. The Morgan fingerprint density at radius 2 is 1.86 bits per heavy atom. The highest BCUT2D eigenvalue weighted by Crippen LogP contribution is 2.15. The number of aromatic nitrogens is 2. The van der Waals surface area contributed by atoms with Crippen molar-refractivity contribution < 1.29 is 13.2 Å². The minimum atomic E-state index is -3.19. The van der Waals surface area contributed by atoms with Crippen LogP contribution in [0, 0.1) is 0 Å². The molecule has 1 unspecified atom stereocenters. The average Bonchev–Trinajstić information content (AvgIpc) is 2.15. The number of hydrogen-bond acceptors (Lipinski definition) is 5. The van der Waals surface area contributed by atoms with Gasteiger partial charge >= 0.3 is 0 Å². The van der Waals surface area contributed by atoms with Crippen LogP contribution in [-0.4, -0.2) is 30.9 Å². The van der Waals surface area contributed by atoms with Crippen LogP contribution in [0.1, 0.15) is 28.4 Å². The number of carbonyl (C=O) groups is 1. The Kier molecular flexibility index (Phi) is 2.95. The molecule has 1 atom stereocenters. The monoisotopic (exact) mass is 214 g/mol. The molecule has 0 N–H and O–H groups in total. The molecule has 0 saturated heterocycles. The first-order valence-corrected chi connectivity index (χ1v) is 5.86. The van der Waals surface area contributed by atoms with Gasteiger partial charge < -0.3 is 0 Å². The maximum Gasteiger partial charge on any atom is 0.157 e. The normalized spacial score (nSPS) is 13.6. The van der Waals surface area contributed by atoms with Gasteiger partial charge in [0.15, 0.2) is 16.1 Å². The van der Waals surface area contributed by atoms with Gasteiger partial charge in [0, 0.05) is 18.6 Å². The van der Waals surface area contributed by atoms with Crippen LogP contribution in [0.2, 0.25) is 0 Å². The molecule has 1 rings (SSSR count). The van der Waals surface area contributed by atoms with Gasteiger partial charge in [0.25, 0.3) is 0 Å². The largest absolute Gasteiger partial charge is 0.298 e. The van der Waals surface area contributed by atoms with Crippen LogP contribution >= 0.6 is 0 Å². The summed E-state index contributed by atoms with van der Waals surface area (Å²) in [6, 6.07) is 0. The van der Waals surface area contributed by atoms with E-state index in [9.17, 15) is 13.2 Å². The van der Waals surface area contributed by atoms with Crippen molar-refractivity contribution in [3.05, 3.63) is 23.8 Å². The molecule has 0 bridgehead atoms. The molecule has 0 spiro atoms. The molecule has 1 heterocycles. The van der Waals surface area contributed by atoms with Crippen LogP contribution in [0.3, 0.4) is 0 Å². The van der Waals surface area contributed by atoms with Gasteiger partial charge in [-0.05, 0) is 6.92 Å². The summed E-state index contributed by atoms with van der Waals surface area (Å²) in [5.74, 6) is 0.207. The highest BCUT2D eigenvalue weighted by Gasteiger charge is 2.19. The summed E-state index contributed by atoms with van der Waals surface area (Å²) in [6.07, 6.45) is 4.33. The zero-order valence-corrected chi connectivity index (χ0v) is 8.65. The van der Waals surface area contributed by atoms with Crippen LogP contribution in [0.25, 0.3) is 0 Å². The predicted molar refractivity (Wildman–Crippen MR) is 50.7 cm³/mol. The molecule has 0 aromatic carbocycles. The lowest BCUT2D eigenvalue weighted by Crippen LogP contribution is -2.11. The van der Waals surface area contributed by atoms with Gasteiger partial charge in [-0.1, -0.05) is 0 Å². The summed E-state index contributed by atoms with van der Waals surface area (Å²) >= 11 is 0. The minimum absolute atomic E-state index is 0.207. The van der Waals surface area contributed by atoms with E-state index in [0.717, 1.165) is 6.26 Å². The van der Waals surface area contributed by atoms with E-state index in [4.69, 9.17) is 0 Å². The average molecular weight is 214 g/mol. The molecule has 5 nitrogen and oxygen atoms in total. The zero-order valence-electron chi connectivity index (χ0n) is 7.84. The molecular formula is C8H10N2O3S. The smallest absolute Gasteiger partial charge is 0.157 e. The van der Waals surface area contributed by atoms with Gasteiger partial charge in [-0.3, -0.25) is 4.79 Å². The Bertz CT molecular complexity index is 424. The SMILES string of the molecule is CC(c1ncc(C=O)cn1)S(C)(=O)=O. The first-order chi connectivity index (χ1) is 6.45. The fourth-order valence-electron chi connectivity index (χ4n) is 0.810. The van der Waals surface area contributed by atoms with E-state index in [2.05, 4.69) is 9.97 Å². The Balaban J connectivity index is 3.04. The fraction of sp³-hybridized carbons (Fsp3) is 0.375. The molecule has 0 amide bonds. The zero-order chi connectivity index (χ0) is 10.8. The van der Waals surface area contributed by atoms with Gasteiger partial charge in [0.05, 0.1) is 5.56 Å². The van der Waals surface area contributed by atoms with Gasteiger partial charge in [0.2, 0.25) is 0 Å². The predicted octanol–water partition coefficient (Wildman–Crippen LogP) is 0.395. The summed E-state index contributed by atoms with van der Waals surface area (Å²) in [4.78, 5) is 17.9. The lowest BCUT2D eigenvalue weighted by molar-refractivity contribution is 0.112. The van der Waals surface area contributed by atoms with Gasteiger partial charge in [-0.25, -0.2) is 18.4 Å². The quantitative estimate of drug-likeness (QED) is 0.680. The second kappa shape index (κ2) is 3.83. The molecule has 0 aliphatic heterocycles. The highest BCUT2D eigenvalue weighted by molar-refractivity contribution is 7.90. The van der Waals surface area contributed by atoms with Crippen molar-refractivity contribution in [1.29, 1.82) is 0 Å². The minimum Gasteiger partial charge on any atom is -0.298 e. The maximum atomic E-state index is 11.1. The van der Waals surface area contributed by atoms with Gasteiger partial charge in [0.1, 0.15) is 11.1 Å². The topological polar surface area (TPSA) is 77.0 Å². The van der Waals surface area contributed by atoms with E-state index in [1.54, 1.807) is 0 Å². The molecular weight excluding hydrogens is 204 g/mol. The third-order valence-corrected chi connectivity index (χ3v) is 3.33. The molecule has 14 heavy (non-hydrogen) atoms. The first kappa shape index (κ1) is 10.8. The number of rotatable bonds is 3. The standard InChI is InChI=1S/C8H10N2O3S/c1-6(14(2,12)13)8-9-3-7(5-11)4-10-8/h3-6H,1-2H3. The van der Waals surface area contributed by atoms with Gasteiger partial charge in [-0.15, -0.1) is 0 Å². The van der Waals surface area contributed by atoms with E-state index in [0.29, 0.717) is 11.8 Å². The fourth-order valence-corrected chi connectivity index (χ4v) is 1.31. The molecule has 1 aromatic heterocycles. The van der Waals surface area contributed by atoms with Crippen molar-refractivity contribution in [3.63, 3.8) is 0 Å². The summed E-state index contributed by atoms with van der Waals surface area (Å²) in [5.41, 5.74) is 0.328. The van der Waals surface area contributed by atoms with E-state index in [1.807, 2.05) is 0 Å². The van der Waals surface area contributed by atoms with Crippen molar-refractivity contribution in [3.8, 4) is 0 Å². The summed E-state index contributed by atoms with van der Waals surface area (Å²) in [5, 5.41) is -0.747. The summed E-state index contributed by atoms with van der Waals surface area (Å²) in [6.45, 7) is 1.51. The summed E-state index contributed by atoms with van der Waals surface area (Å²) in [7, 11) is -3.19. The molecule has 0 saturated carbocycles. The lowest BCUT2D eigenvalue weighted by atomic mass is 10.3.